The Hall–Kier alpha value is -2.64. The summed E-state index contributed by atoms with van der Waals surface area (Å²) in [6.07, 6.45) is 0. The van der Waals surface area contributed by atoms with E-state index in [9.17, 15) is 5.11 Å². The molecule has 1 aromatic carbocycles. The Bertz CT molecular complexity index is 921. The molecule has 1 saturated heterocycles. The van der Waals surface area contributed by atoms with E-state index in [1.165, 1.54) is 0 Å². The Morgan fingerprint density at radius 3 is 2.42 bits per heavy atom. The summed E-state index contributed by atoms with van der Waals surface area (Å²) < 4.78 is 7.27. The molecule has 3 heterocycles. The molecule has 2 aromatic heterocycles. The van der Waals surface area contributed by atoms with Crippen LogP contribution in [0.4, 0.5) is 11.5 Å². The predicted molar refractivity (Wildman–Crippen MR) is 101 cm³/mol. The molecule has 0 atom stereocenters. The first-order chi connectivity index (χ1) is 12.4. The topological polar surface area (TPSA) is 88.9 Å². The zero-order chi connectivity index (χ0) is 18.3. The number of fused-ring (bicyclic) bond motifs is 1. The van der Waals surface area contributed by atoms with Gasteiger partial charge in [0.2, 0.25) is 0 Å². The molecule has 7 nitrogen and oxygen atoms in total. The molecule has 7 heteroatoms. The molecule has 0 amide bonds. The van der Waals surface area contributed by atoms with Crippen LogP contribution in [-0.4, -0.2) is 46.0 Å². The number of hydrogen-bond acceptors (Lipinski definition) is 6. The van der Waals surface area contributed by atoms with Crippen LogP contribution in [0.15, 0.2) is 36.4 Å². The number of anilines is 2. The number of ether oxygens (including phenoxy) is 1. The van der Waals surface area contributed by atoms with Crippen molar-refractivity contribution in [3.05, 3.63) is 42.1 Å². The van der Waals surface area contributed by atoms with Crippen molar-refractivity contribution in [2.45, 2.75) is 19.4 Å². The third-order valence-electron chi connectivity index (χ3n) is 4.60. The minimum Gasteiger partial charge on any atom is -0.399 e. The highest BCUT2D eigenvalue weighted by Crippen LogP contribution is 2.29. The maximum atomic E-state index is 10.5. The van der Waals surface area contributed by atoms with E-state index in [1.54, 1.807) is 18.4 Å². The Labute approximate surface area is 152 Å². The van der Waals surface area contributed by atoms with Gasteiger partial charge in [0.15, 0.2) is 11.6 Å². The second kappa shape index (κ2) is 6.26. The van der Waals surface area contributed by atoms with Crippen LogP contribution in [0.2, 0.25) is 0 Å². The Morgan fingerprint density at radius 1 is 1.08 bits per heavy atom. The van der Waals surface area contributed by atoms with Gasteiger partial charge in [-0.2, -0.15) is 0 Å². The van der Waals surface area contributed by atoms with Crippen molar-refractivity contribution >= 4 is 17.0 Å². The van der Waals surface area contributed by atoms with E-state index in [0.717, 1.165) is 35.7 Å². The second-order valence-corrected chi connectivity index (χ2v) is 7.06. The Kier molecular flexibility index (Phi) is 4.05. The normalized spacial score (nSPS) is 15.6. The van der Waals surface area contributed by atoms with Crippen LogP contribution in [0.5, 0.6) is 0 Å². The number of rotatable bonds is 3. The summed E-state index contributed by atoms with van der Waals surface area (Å²) in [7, 11) is 0. The fourth-order valence-electron chi connectivity index (χ4n) is 3.21. The minimum atomic E-state index is -1.01. The van der Waals surface area contributed by atoms with Gasteiger partial charge in [-0.1, -0.05) is 0 Å². The fraction of sp³-hybridized carbons (Fsp3) is 0.368. The lowest BCUT2D eigenvalue weighted by molar-refractivity contribution is 0.0719. The lowest BCUT2D eigenvalue weighted by Crippen LogP contribution is -2.37. The fourth-order valence-corrected chi connectivity index (χ4v) is 3.21. The van der Waals surface area contributed by atoms with Crippen molar-refractivity contribution in [1.29, 1.82) is 0 Å². The van der Waals surface area contributed by atoms with Gasteiger partial charge in [-0.15, -0.1) is 5.10 Å². The highest BCUT2D eigenvalue weighted by molar-refractivity contribution is 5.73. The zero-order valence-electron chi connectivity index (χ0n) is 15.0. The molecular weight excluding hydrogens is 330 g/mol. The van der Waals surface area contributed by atoms with Gasteiger partial charge in [-0.05, 0) is 50.2 Å². The zero-order valence-corrected chi connectivity index (χ0v) is 15.0. The third kappa shape index (κ3) is 3.00. The van der Waals surface area contributed by atoms with E-state index >= 15 is 0 Å². The number of nitrogen functional groups attached to an aromatic ring is 1. The molecule has 4 rings (SSSR count). The number of aromatic nitrogens is 3. The lowest BCUT2D eigenvalue weighted by Gasteiger charge is -2.29. The summed E-state index contributed by atoms with van der Waals surface area (Å²) >= 11 is 0. The van der Waals surface area contributed by atoms with Crippen molar-refractivity contribution < 1.29 is 9.84 Å². The summed E-state index contributed by atoms with van der Waals surface area (Å²) in [6.45, 7) is 6.41. The van der Waals surface area contributed by atoms with Crippen LogP contribution < -0.4 is 10.6 Å². The van der Waals surface area contributed by atoms with Gasteiger partial charge in [0.05, 0.1) is 18.9 Å². The van der Waals surface area contributed by atoms with Crippen molar-refractivity contribution in [3.8, 4) is 11.4 Å². The number of nitrogens with two attached hydrogens (primary N) is 1. The Morgan fingerprint density at radius 2 is 1.77 bits per heavy atom. The minimum absolute atomic E-state index is 0.598. The van der Waals surface area contributed by atoms with E-state index in [0.29, 0.717) is 24.7 Å². The van der Waals surface area contributed by atoms with Crippen LogP contribution in [0, 0.1) is 0 Å². The van der Waals surface area contributed by atoms with Gasteiger partial charge in [0, 0.05) is 24.3 Å². The molecule has 1 fully saturated rings. The summed E-state index contributed by atoms with van der Waals surface area (Å²) in [5, 5.41) is 15.2. The number of hydrogen-bond donors (Lipinski definition) is 2. The van der Waals surface area contributed by atoms with Crippen molar-refractivity contribution in [2.75, 3.05) is 36.9 Å². The standard InChI is InChI=1S/C19H23N5O2/c1-19(2,25)16-8-7-15-18(23-9-11-26-12-10-23)21-17(22-24(15)16)13-3-5-14(20)6-4-13/h3-8,25H,9-12,20H2,1-2H3. The molecule has 0 bridgehead atoms. The van der Waals surface area contributed by atoms with E-state index in [-0.39, 0.29) is 0 Å². The van der Waals surface area contributed by atoms with Crippen LogP contribution in [0.25, 0.3) is 16.9 Å². The van der Waals surface area contributed by atoms with Crippen molar-refractivity contribution in [2.24, 2.45) is 0 Å². The Balaban J connectivity index is 1.93. The van der Waals surface area contributed by atoms with E-state index in [1.807, 2.05) is 36.4 Å². The number of aliphatic hydroxyl groups is 1. The summed E-state index contributed by atoms with van der Waals surface area (Å²) in [5.41, 5.74) is 7.97. The van der Waals surface area contributed by atoms with Crippen LogP contribution in [0.1, 0.15) is 19.5 Å². The molecule has 0 spiro atoms. The summed E-state index contributed by atoms with van der Waals surface area (Å²) in [4.78, 5) is 7.04. The highest BCUT2D eigenvalue weighted by Gasteiger charge is 2.25. The summed E-state index contributed by atoms with van der Waals surface area (Å²) in [6, 6.07) is 11.4. The molecule has 136 valence electrons. The SMILES string of the molecule is CC(C)(O)c1ccc2c(N3CCOCC3)nc(-c3ccc(N)cc3)nn12. The van der Waals surface area contributed by atoms with Gasteiger partial charge in [-0.3, -0.25) is 0 Å². The predicted octanol–water partition coefficient (Wildman–Crippen LogP) is 2.04. The molecule has 1 aliphatic rings. The first-order valence-corrected chi connectivity index (χ1v) is 8.75. The molecule has 0 unspecified atom stereocenters. The molecule has 26 heavy (non-hydrogen) atoms. The third-order valence-corrected chi connectivity index (χ3v) is 4.60. The van der Waals surface area contributed by atoms with Gasteiger partial charge in [0.1, 0.15) is 11.1 Å². The molecule has 3 N–H and O–H groups in total. The monoisotopic (exact) mass is 353 g/mol. The van der Waals surface area contributed by atoms with Gasteiger partial charge >= 0.3 is 0 Å². The average Bonchev–Trinajstić information content (AvgIpc) is 3.06. The molecule has 1 aliphatic heterocycles. The molecule has 0 radical (unpaired) electrons. The van der Waals surface area contributed by atoms with E-state index in [4.69, 9.17) is 20.6 Å². The van der Waals surface area contributed by atoms with Crippen molar-refractivity contribution in [1.82, 2.24) is 14.6 Å². The molecule has 3 aromatic rings. The largest absolute Gasteiger partial charge is 0.399 e. The van der Waals surface area contributed by atoms with Gasteiger partial charge in [-0.25, -0.2) is 9.50 Å². The van der Waals surface area contributed by atoms with Gasteiger partial charge in [0.25, 0.3) is 0 Å². The number of nitrogens with zero attached hydrogens (tertiary/aromatic N) is 4. The molecule has 0 saturated carbocycles. The highest BCUT2D eigenvalue weighted by atomic mass is 16.5. The van der Waals surface area contributed by atoms with E-state index in [2.05, 4.69) is 4.90 Å². The van der Waals surface area contributed by atoms with Gasteiger partial charge < -0.3 is 20.5 Å². The smallest absolute Gasteiger partial charge is 0.182 e. The van der Waals surface area contributed by atoms with Crippen LogP contribution >= 0.6 is 0 Å². The maximum Gasteiger partial charge on any atom is 0.182 e. The van der Waals surface area contributed by atoms with Crippen LogP contribution in [-0.2, 0) is 10.3 Å². The summed E-state index contributed by atoms with van der Waals surface area (Å²) in [5.74, 6) is 1.45. The number of benzene rings is 1. The molecule has 0 aliphatic carbocycles. The average molecular weight is 353 g/mol. The van der Waals surface area contributed by atoms with E-state index < -0.39 is 5.60 Å². The number of morpholine rings is 1. The molecular formula is C19H23N5O2. The van der Waals surface area contributed by atoms with Crippen LogP contribution in [0.3, 0.4) is 0 Å². The first-order valence-electron chi connectivity index (χ1n) is 8.75. The first kappa shape index (κ1) is 16.8. The lowest BCUT2D eigenvalue weighted by atomic mass is 10.1. The quantitative estimate of drug-likeness (QED) is 0.701. The van der Waals surface area contributed by atoms with Crippen molar-refractivity contribution in [3.63, 3.8) is 0 Å². The maximum absolute atomic E-state index is 10.5. The second-order valence-electron chi connectivity index (χ2n) is 7.06.